The normalized spacial score (nSPS) is 11.1. The van der Waals surface area contributed by atoms with Crippen LogP contribution in [0.1, 0.15) is 24.8 Å². The molecule has 14 heavy (non-hydrogen) atoms. The van der Waals surface area contributed by atoms with Crippen LogP contribution in [0.3, 0.4) is 0 Å². The van der Waals surface area contributed by atoms with Crippen molar-refractivity contribution in [3.05, 3.63) is 29.4 Å². The molecule has 0 unspecified atom stereocenters. The summed E-state index contributed by atoms with van der Waals surface area (Å²) in [4.78, 5) is 4.11. The highest BCUT2D eigenvalue weighted by Crippen LogP contribution is 2.22. The van der Waals surface area contributed by atoms with Gasteiger partial charge in [0.15, 0.2) is 11.5 Å². The van der Waals surface area contributed by atoms with Crippen LogP contribution in [-0.4, -0.2) is 4.98 Å². The first kappa shape index (κ1) is 9.19. The molecule has 2 aromatic rings. The van der Waals surface area contributed by atoms with E-state index in [-0.39, 0.29) is 5.82 Å². The number of aromatic nitrogens is 1. The van der Waals surface area contributed by atoms with Gasteiger partial charge in [-0.2, -0.15) is 0 Å². The molecule has 0 amide bonds. The first-order chi connectivity index (χ1) is 6.70. The van der Waals surface area contributed by atoms with Crippen LogP contribution in [0.25, 0.3) is 11.1 Å². The van der Waals surface area contributed by atoms with Gasteiger partial charge in [0.1, 0.15) is 11.3 Å². The van der Waals surface area contributed by atoms with E-state index in [1.807, 2.05) is 0 Å². The first-order valence-corrected chi connectivity index (χ1v) is 4.76. The number of rotatable bonds is 2. The number of halogens is 1. The van der Waals surface area contributed by atoms with Gasteiger partial charge in [-0.25, -0.2) is 9.37 Å². The van der Waals surface area contributed by atoms with Crippen molar-refractivity contribution < 1.29 is 8.81 Å². The lowest BCUT2D eigenvalue weighted by atomic mass is 10.1. The molecule has 0 aliphatic heterocycles. The van der Waals surface area contributed by atoms with Crippen molar-refractivity contribution in [2.75, 3.05) is 0 Å². The summed E-state index contributed by atoms with van der Waals surface area (Å²) in [5, 5.41) is 0. The minimum Gasteiger partial charge on any atom is -0.441 e. The molecule has 0 N–H and O–H groups in total. The lowest BCUT2D eigenvalue weighted by Gasteiger charge is -1.98. The Morgan fingerprint density at radius 1 is 1.43 bits per heavy atom. The molecule has 0 atom stereocenters. The third kappa shape index (κ3) is 1.50. The molecule has 1 heterocycles. The molecule has 0 saturated carbocycles. The average molecular weight is 193 g/mol. The van der Waals surface area contributed by atoms with Crippen LogP contribution in [0.15, 0.2) is 16.5 Å². The second-order valence-corrected chi connectivity index (χ2v) is 3.40. The van der Waals surface area contributed by atoms with Crippen molar-refractivity contribution in [2.45, 2.75) is 26.7 Å². The number of benzene rings is 1. The van der Waals surface area contributed by atoms with E-state index < -0.39 is 0 Å². The van der Waals surface area contributed by atoms with E-state index in [0.29, 0.717) is 11.4 Å². The van der Waals surface area contributed by atoms with Crippen LogP contribution in [0, 0.1) is 12.7 Å². The molecule has 0 saturated heterocycles. The second-order valence-electron chi connectivity index (χ2n) is 3.40. The van der Waals surface area contributed by atoms with Gasteiger partial charge >= 0.3 is 0 Å². The van der Waals surface area contributed by atoms with Gasteiger partial charge in [0, 0.05) is 13.0 Å². The standard InChI is InChI=1S/C11H12FNO/c1-3-4-8-5-9(12)6-10-11(8)14-7(2)13-10/h5-6H,3-4H2,1-2H3. The zero-order valence-electron chi connectivity index (χ0n) is 8.30. The SMILES string of the molecule is CCCc1cc(F)cc2nc(C)oc12. The van der Waals surface area contributed by atoms with Crippen LogP contribution in [0.4, 0.5) is 4.39 Å². The fraction of sp³-hybridized carbons (Fsp3) is 0.364. The molecule has 1 aromatic heterocycles. The van der Waals surface area contributed by atoms with Gasteiger partial charge in [-0.05, 0) is 18.1 Å². The van der Waals surface area contributed by atoms with E-state index in [2.05, 4.69) is 11.9 Å². The van der Waals surface area contributed by atoms with Crippen molar-refractivity contribution in [1.82, 2.24) is 4.98 Å². The van der Waals surface area contributed by atoms with Crippen LogP contribution >= 0.6 is 0 Å². The summed E-state index contributed by atoms with van der Waals surface area (Å²) in [5.41, 5.74) is 2.25. The third-order valence-electron chi connectivity index (χ3n) is 2.16. The monoisotopic (exact) mass is 193 g/mol. The van der Waals surface area contributed by atoms with Crippen molar-refractivity contribution in [1.29, 1.82) is 0 Å². The summed E-state index contributed by atoms with van der Waals surface area (Å²) in [6, 6.07) is 2.93. The van der Waals surface area contributed by atoms with E-state index in [1.54, 1.807) is 6.92 Å². The molecule has 0 aliphatic rings. The minimum absolute atomic E-state index is 0.241. The summed E-state index contributed by atoms with van der Waals surface area (Å²) < 4.78 is 18.6. The molecule has 0 bridgehead atoms. The van der Waals surface area contributed by atoms with E-state index in [1.165, 1.54) is 12.1 Å². The van der Waals surface area contributed by atoms with E-state index >= 15 is 0 Å². The van der Waals surface area contributed by atoms with Crippen molar-refractivity contribution in [3.8, 4) is 0 Å². The summed E-state index contributed by atoms with van der Waals surface area (Å²) >= 11 is 0. The van der Waals surface area contributed by atoms with Gasteiger partial charge in [0.25, 0.3) is 0 Å². The maximum absolute atomic E-state index is 13.1. The largest absolute Gasteiger partial charge is 0.441 e. The smallest absolute Gasteiger partial charge is 0.192 e. The van der Waals surface area contributed by atoms with Gasteiger partial charge < -0.3 is 4.42 Å². The Bertz CT molecular complexity index is 462. The van der Waals surface area contributed by atoms with Gasteiger partial charge in [-0.1, -0.05) is 13.3 Å². The second kappa shape index (κ2) is 3.40. The van der Waals surface area contributed by atoms with Gasteiger partial charge in [0.05, 0.1) is 0 Å². The van der Waals surface area contributed by atoms with Gasteiger partial charge in [-0.15, -0.1) is 0 Å². The molecule has 0 radical (unpaired) electrons. The molecular formula is C11H12FNO. The van der Waals surface area contributed by atoms with E-state index in [0.717, 1.165) is 24.0 Å². The average Bonchev–Trinajstić information content (AvgIpc) is 2.45. The maximum Gasteiger partial charge on any atom is 0.192 e. The van der Waals surface area contributed by atoms with Crippen LogP contribution in [0.5, 0.6) is 0 Å². The fourth-order valence-electron chi connectivity index (χ4n) is 1.63. The van der Waals surface area contributed by atoms with Crippen molar-refractivity contribution >= 4 is 11.1 Å². The van der Waals surface area contributed by atoms with Gasteiger partial charge in [-0.3, -0.25) is 0 Å². The maximum atomic E-state index is 13.1. The Kier molecular flexibility index (Phi) is 2.23. The molecule has 1 aromatic carbocycles. The highest BCUT2D eigenvalue weighted by Gasteiger charge is 2.09. The van der Waals surface area contributed by atoms with Crippen molar-refractivity contribution in [3.63, 3.8) is 0 Å². The Labute approximate surface area is 81.8 Å². The lowest BCUT2D eigenvalue weighted by Crippen LogP contribution is -1.86. The topological polar surface area (TPSA) is 26.0 Å². The quantitative estimate of drug-likeness (QED) is 0.731. The zero-order chi connectivity index (χ0) is 10.1. The fourth-order valence-corrected chi connectivity index (χ4v) is 1.63. The number of oxazole rings is 1. The summed E-state index contributed by atoms with van der Waals surface area (Å²) in [5.74, 6) is 0.345. The first-order valence-electron chi connectivity index (χ1n) is 4.76. The zero-order valence-corrected chi connectivity index (χ0v) is 8.30. The van der Waals surface area contributed by atoms with Crippen LogP contribution in [0.2, 0.25) is 0 Å². The van der Waals surface area contributed by atoms with E-state index in [4.69, 9.17) is 4.42 Å². The number of aryl methyl sites for hydroxylation is 2. The number of nitrogens with zero attached hydrogens (tertiary/aromatic N) is 1. The van der Waals surface area contributed by atoms with Crippen LogP contribution in [-0.2, 0) is 6.42 Å². The molecule has 0 fully saturated rings. The third-order valence-corrected chi connectivity index (χ3v) is 2.16. The summed E-state index contributed by atoms with van der Waals surface area (Å²) in [7, 11) is 0. The highest BCUT2D eigenvalue weighted by molar-refractivity contribution is 5.76. The van der Waals surface area contributed by atoms with Crippen molar-refractivity contribution in [2.24, 2.45) is 0 Å². The Morgan fingerprint density at radius 3 is 2.93 bits per heavy atom. The number of hydrogen-bond acceptors (Lipinski definition) is 2. The minimum atomic E-state index is -0.241. The molecule has 74 valence electrons. The van der Waals surface area contributed by atoms with Gasteiger partial charge in [0.2, 0.25) is 0 Å². The lowest BCUT2D eigenvalue weighted by molar-refractivity contribution is 0.555. The molecular weight excluding hydrogens is 181 g/mol. The Balaban J connectivity index is 2.66. The predicted octanol–water partition coefficient (Wildman–Crippen LogP) is 3.23. The number of hydrogen-bond donors (Lipinski definition) is 0. The van der Waals surface area contributed by atoms with Crippen LogP contribution < -0.4 is 0 Å². The number of fused-ring (bicyclic) bond motifs is 1. The molecule has 0 aliphatic carbocycles. The summed E-state index contributed by atoms with van der Waals surface area (Å²) in [6.45, 7) is 3.83. The predicted molar refractivity (Wildman–Crippen MR) is 52.7 cm³/mol. The molecule has 3 heteroatoms. The molecule has 0 spiro atoms. The molecule has 2 nitrogen and oxygen atoms in total. The highest BCUT2D eigenvalue weighted by atomic mass is 19.1. The molecule has 2 rings (SSSR count). The van der Waals surface area contributed by atoms with E-state index in [9.17, 15) is 4.39 Å². The summed E-state index contributed by atoms with van der Waals surface area (Å²) in [6.07, 6.45) is 1.79. The Morgan fingerprint density at radius 2 is 2.21 bits per heavy atom. The Hall–Kier alpha value is -1.38.